The zero-order valence-corrected chi connectivity index (χ0v) is 13.2. The number of hydrogen-bond acceptors (Lipinski definition) is 3. The maximum Gasteiger partial charge on any atom is 0.0642 e. The molecule has 108 valence electrons. The molecule has 1 unspecified atom stereocenters. The van der Waals surface area contributed by atoms with Crippen LogP contribution in [0.4, 0.5) is 5.69 Å². The molecule has 1 aromatic carbocycles. The SMILES string of the molecule is CCN(CCCN(C)C)c1ccc(C(C)N)cc1Cl. The van der Waals surface area contributed by atoms with Crippen molar-refractivity contribution in [3.8, 4) is 0 Å². The molecule has 0 amide bonds. The molecule has 1 atom stereocenters. The first-order chi connectivity index (χ1) is 8.95. The van der Waals surface area contributed by atoms with E-state index in [1.807, 2.05) is 13.0 Å². The van der Waals surface area contributed by atoms with Gasteiger partial charge in [-0.25, -0.2) is 0 Å². The van der Waals surface area contributed by atoms with Crippen molar-refractivity contribution >= 4 is 17.3 Å². The van der Waals surface area contributed by atoms with Gasteiger partial charge in [-0.15, -0.1) is 0 Å². The molecule has 0 fully saturated rings. The number of hydrogen-bond donors (Lipinski definition) is 1. The van der Waals surface area contributed by atoms with Gasteiger partial charge in [0.05, 0.1) is 10.7 Å². The summed E-state index contributed by atoms with van der Waals surface area (Å²) in [5.74, 6) is 0. The van der Waals surface area contributed by atoms with Crippen LogP contribution in [0.5, 0.6) is 0 Å². The number of nitrogens with two attached hydrogens (primary N) is 1. The molecule has 0 aliphatic rings. The third-order valence-corrected chi connectivity index (χ3v) is 3.56. The predicted molar refractivity (Wildman–Crippen MR) is 85.1 cm³/mol. The lowest BCUT2D eigenvalue weighted by molar-refractivity contribution is 0.400. The smallest absolute Gasteiger partial charge is 0.0642 e. The average molecular weight is 284 g/mol. The van der Waals surface area contributed by atoms with E-state index in [4.69, 9.17) is 17.3 Å². The van der Waals surface area contributed by atoms with Crippen molar-refractivity contribution in [1.29, 1.82) is 0 Å². The van der Waals surface area contributed by atoms with Crippen molar-refractivity contribution < 1.29 is 0 Å². The molecule has 19 heavy (non-hydrogen) atoms. The van der Waals surface area contributed by atoms with Crippen LogP contribution < -0.4 is 10.6 Å². The van der Waals surface area contributed by atoms with E-state index in [1.165, 1.54) is 0 Å². The highest BCUT2D eigenvalue weighted by Crippen LogP contribution is 2.28. The average Bonchev–Trinajstić information content (AvgIpc) is 2.34. The minimum atomic E-state index is 0.0235. The summed E-state index contributed by atoms with van der Waals surface area (Å²) < 4.78 is 0. The Labute approximate surface area is 122 Å². The molecule has 3 nitrogen and oxygen atoms in total. The fourth-order valence-electron chi connectivity index (χ4n) is 2.09. The molecular weight excluding hydrogens is 258 g/mol. The van der Waals surface area contributed by atoms with Crippen molar-refractivity contribution in [1.82, 2.24) is 4.90 Å². The van der Waals surface area contributed by atoms with E-state index >= 15 is 0 Å². The maximum atomic E-state index is 6.38. The van der Waals surface area contributed by atoms with Crippen molar-refractivity contribution in [2.45, 2.75) is 26.3 Å². The molecule has 0 saturated heterocycles. The van der Waals surface area contributed by atoms with Crippen LogP contribution in [0.1, 0.15) is 31.9 Å². The van der Waals surface area contributed by atoms with Crippen LogP contribution in [-0.4, -0.2) is 38.6 Å². The standard InChI is InChI=1S/C15H26ClN3/c1-5-19(10-6-9-18(3)4)15-8-7-13(12(2)17)11-14(15)16/h7-8,11-12H,5-6,9-10,17H2,1-4H3. The Bertz CT molecular complexity index is 391. The fourth-order valence-corrected chi connectivity index (χ4v) is 2.40. The van der Waals surface area contributed by atoms with Crippen molar-refractivity contribution in [2.75, 3.05) is 38.6 Å². The monoisotopic (exact) mass is 283 g/mol. The molecule has 0 aromatic heterocycles. The summed E-state index contributed by atoms with van der Waals surface area (Å²) >= 11 is 6.38. The van der Waals surface area contributed by atoms with E-state index in [0.717, 1.165) is 42.3 Å². The van der Waals surface area contributed by atoms with E-state index in [0.29, 0.717) is 0 Å². The highest BCUT2D eigenvalue weighted by Gasteiger charge is 2.10. The first-order valence-corrected chi connectivity index (χ1v) is 7.28. The third kappa shape index (κ3) is 5.01. The molecule has 0 aliphatic carbocycles. The Balaban J connectivity index is 2.75. The third-order valence-electron chi connectivity index (χ3n) is 3.25. The van der Waals surface area contributed by atoms with E-state index in [1.54, 1.807) is 0 Å². The fraction of sp³-hybridized carbons (Fsp3) is 0.600. The lowest BCUT2D eigenvalue weighted by Crippen LogP contribution is -2.27. The molecule has 0 spiro atoms. The Kier molecular flexibility index (Phi) is 6.63. The van der Waals surface area contributed by atoms with E-state index in [-0.39, 0.29) is 6.04 Å². The summed E-state index contributed by atoms with van der Waals surface area (Å²) in [5.41, 5.74) is 8.06. The van der Waals surface area contributed by atoms with Gasteiger partial charge < -0.3 is 15.5 Å². The van der Waals surface area contributed by atoms with Gasteiger partial charge in [-0.05, 0) is 58.6 Å². The molecule has 1 rings (SSSR count). The summed E-state index contributed by atoms with van der Waals surface area (Å²) in [7, 11) is 4.20. The van der Waals surface area contributed by atoms with E-state index in [2.05, 4.69) is 43.0 Å². The van der Waals surface area contributed by atoms with Crippen LogP contribution in [-0.2, 0) is 0 Å². The van der Waals surface area contributed by atoms with Crippen LogP contribution in [0.25, 0.3) is 0 Å². The normalized spacial score (nSPS) is 12.8. The highest BCUT2D eigenvalue weighted by molar-refractivity contribution is 6.33. The first kappa shape index (κ1) is 16.3. The van der Waals surface area contributed by atoms with Gasteiger partial charge >= 0.3 is 0 Å². The van der Waals surface area contributed by atoms with Gasteiger partial charge in [0.2, 0.25) is 0 Å². The summed E-state index contributed by atoms with van der Waals surface area (Å²) in [6, 6.07) is 6.16. The minimum absolute atomic E-state index is 0.0235. The number of halogens is 1. The predicted octanol–water partition coefficient (Wildman–Crippen LogP) is 3.14. The van der Waals surface area contributed by atoms with E-state index < -0.39 is 0 Å². The molecule has 1 aromatic rings. The van der Waals surface area contributed by atoms with Gasteiger partial charge in [0, 0.05) is 19.1 Å². The summed E-state index contributed by atoms with van der Waals surface area (Å²) in [6.45, 7) is 7.20. The van der Waals surface area contributed by atoms with Crippen LogP contribution in [0, 0.1) is 0 Å². The Morgan fingerprint density at radius 1 is 1.26 bits per heavy atom. The second-order valence-corrected chi connectivity index (χ2v) is 5.64. The minimum Gasteiger partial charge on any atom is -0.371 e. The van der Waals surface area contributed by atoms with E-state index in [9.17, 15) is 0 Å². The quantitative estimate of drug-likeness (QED) is 0.834. The van der Waals surface area contributed by atoms with Gasteiger partial charge in [-0.2, -0.15) is 0 Å². The van der Waals surface area contributed by atoms with Gasteiger partial charge in [-0.1, -0.05) is 17.7 Å². The lowest BCUT2D eigenvalue weighted by atomic mass is 10.1. The number of nitrogens with zero attached hydrogens (tertiary/aromatic N) is 2. The highest BCUT2D eigenvalue weighted by atomic mass is 35.5. The van der Waals surface area contributed by atoms with Crippen LogP contribution >= 0.6 is 11.6 Å². The number of benzene rings is 1. The molecule has 0 radical (unpaired) electrons. The number of anilines is 1. The van der Waals surface area contributed by atoms with Crippen LogP contribution in [0.3, 0.4) is 0 Å². The Hall–Kier alpha value is -0.770. The molecule has 2 N–H and O–H groups in total. The molecule has 0 aliphatic heterocycles. The first-order valence-electron chi connectivity index (χ1n) is 6.90. The second-order valence-electron chi connectivity index (χ2n) is 5.24. The van der Waals surface area contributed by atoms with Crippen LogP contribution in [0.2, 0.25) is 5.02 Å². The van der Waals surface area contributed by atoms with Gasteiger partial charge in [0.25, 0.3) is 0 Å². The summed E-state index contributed by atoms with van der Waals surface area (Å²) in [6.07, 6.45) is 1.13. The Morgan fingerprint density at radius 3 is 2.42 bits per heavy atom. The zero-order valence-electron chi connectivity index (χ0n) is 12.5. The molecule has 0 saturated carbocycles. The zero-order chi connectivity index (χ0) is 14.4. The number of rotatable bonds is 7. The maximum absolute atomic E-state index is 6.38. The lowest BCUT2D eigenvalue weighted by Gasteiger charge is -2.25. The second kappa shape index (κ2) is 7.73. The largest absolute Gasteiger partial charge is 0.371 e. The van der Waals surface area contributed by atoms with Crippen molar-refractivity contribution in [3.05, 3.63) is 28.8 Å². The van der Waals surface area contributed by atoms with Gasteiger partial charge in [-0.3, -0.25) is 0 Å². The van der Waals surface area contributed by atoms with Crippen molar-refractivity contribution in [2.24, 2.45) is 5.73 Å². The van der Waals surface area contributed by atoms with Crippen LogP contribution in [0.15, 0.2) is 18.2 Å². The van der Waals surface area contributed by atoms with Gasteiger partial charge in [0.15, 0.2) is 0 Å². The topological polar surface area (TPSA) is 32.5 Å². The molecule has 4 heteroatoms. The van der Waals surface area contributed by atoms with Crippen molar-refractivity contribution in [3.63, 3.8) is 0 Å². The molecule has 0 heterocycles. The molecule has 0 bridgehead atoms. The molecular formula is C15H26ClN3. The Morgan fingerprint density at radius 2 is 1.95 bits per heavy atom. The van der Waals surface area contributed by atoms with Gasteiger partial charge in [0.1, 0.15) is 0 Å². The summed E-state index contributed by atoms with van der Waals surface area (Å²) in [4.78, 5) is 4.52. The summed E-state index contributed by atoms with van der Waals surface area (Å²) in [5, 5.41) is 0.793.